The van der Waals surface area contributed by atoms with Crippen molar-refractivity contribution in [3.63, 3.8) is 0 Å². The number of hydrogen-bond acceptors (Lipinski definition) is 5. The maximum absolute atomic E-state index is 9.25. The summed E-state index contributed by atoms with van der Waals surface area (Å²) in [5, 5.41) is 30.8. The summed E-state index contributed by atoms with van der Waals surface area (Å²) in [5.41, 5.74) is 1.08. The molecule has 0 bridgehead atoms. The van der Waals surface area contributed by atoms with Crippen LogP contribution in [0, 0.1) is 0 Å². The second-order valence-corrected chi connectivity index (χ2v) is 2.85. The van der Waals surface area contributed by atoms with E-state index in [9.17, 15) is 5.11 Å². The average molecular weight is 226 g/mol. The van der Waals surface area contributed by atoms with Gasteiger partial charge in [0.05, 0.1) is 7.11 Å². The fourth-order valence-electron chi connectivity index (χ4n) is 1.02. The van der Waals surface area contributed by atoms with E-state index in [0.717, 1.165) is 12.0 Å². The van der Waals surface area contributed by atoms with Gasteiger partial charge in [0, 0.05) is 0 Å². The molecule has 0 aliphatic carbocycles. The van der Waals surface area contributed by atoms with Crippen LogP contribution in [0.3, 0.4) is 0 Å². The Labute approximate surface area is 94.4 Å². The first-order valence-corrected chi connectivity index (χ1v) is 4.52. The molecule has 88 valence electrons. The van der Waals surface area contributed by atoms with Gasteiger partial charge in [0.1, 0.15) is 0 Å². The topological polar surface area (TPSA) is 90.2 Å². The molecule has 0 atom stereocenters. The highest BCUT2D eigenvalue weighted by atomic mass is 16.5. The molecular weight excluding hydrogens is 211 g/mol. The average Bonchev–Trinajstić information content (AvgIpc) is 2.20. The monoisotopic (exact) mass is 226 g/mol. The predicted molar refractivity (Wildman–Crippen MR) is 61.0 cm³/mol. The lowest BCUT2D eigenvalue weighted by Gasteiger charge is -2.04. The van der Waals surface area contributed by atoms with Gasteiger partial charge in [-0.2, -0.15) is 0 Å². The molecule has 5 nitrogen and oxygen atoms in total. The first-order chi connectivity index (χ1) is 7.51. The molecule has 1 aromatic carbocycles. The number of benzene rings is 1. The quantitative estimate of drug-likeness (QED) is 0.432. The van der Waals surface area contributed by atoms with E-state index in [0.29, 0.717) is 5.75 Å². The minimum atomic E-state index is -2.17. The van der Waals surface area contributed by atoms with Gasteiger partial charge < -0.3 is 24.9 Å². The Bertz CT molecular complexity index is 324. The van der Waals surface area contributed by atoms with Crippen molar-refractivity contribution in [3.05, 3.63) is 36.4 Å². The Kier molecular flexibility index (Phi) is 7.03. The molecule has 0 aromatic heterocycles. The molecule has 0 spiro atoms. The Balaban J connectivity index is 0.000000487. The van der Waals surface area contributed by atoms with E-state index in [1.807, 2.05) is 12.1 Å². The minimum absolute atomic E-state index is 0.172. The maximum atomic E-state index is 9.25. The summed E-state index contributed by atoms with van der Waals surface area (Å²) in [6.07, 6.45) is 2.60. The molecule has 1 rings (SSSR count). The molecule has 6 heteroatoms. The summed E-state index contributed by atoms with van der Waals surface area (Å²) >= 11 is 0. The number of allylic oxidation sites excluding steroid dienone is 1. The first kappa shape index (κ1) is 14.5. The van der Waals surface area contributed by atoms with E-state index in [1.54, 1.807) is 12.1 Å². The third-order valence-electron chi connectivity index (χ3n) is 1.62. The second-order valence-electron chi connectivity index (χ2n) is 2.85. The molecule has 0 fully saturated rings. The number of phenolic OH excluding ortho intramolecular Hbond substituents is 1. The summed E-state index contributed by atoms with van der Waals surface area (Å²) in [6.45, 7) is 3.63. The van der Waals surface area contributed by atoms with E-state index < -0.39 is 7.32 Å². The lowest BCUT2D eigenvalue weighted by atomic mass is 10.1. The highest BCUT2D eigenvalue weighted by Gasteiger charge is 2.00. The van der Waals surface area contributed by atoms with Crippen molar-refractivity contribution in [1.82, 2.24) is 0 Å². The Morgan fingerprint density at radius 3 is 2.38 bits per heavy atom. The normalized spacial score (nSPS) is 8.75. The number of methoxy groups -OCH3 is 1. The number of rotatable bonds is 3. The van der Waals surface area contributed by atoms with Gasteiger partial charge in [-0.25, -0.2) is 0 Å². The summed E-state index contributed by atoms with van der Waals surface area (Å²) in [4.78, 5) is 0. The third kappa shape index (κ3) is 6.08. The third-order valence-corrected chi connectivity index (χ3v) is 1.62. The van der Waals surface area contributed by atoms with Crippen molar-refractivity contribution < 1.29 is 24.9 Å². The van der Waals surface area contributed by atoms with E-state index in [4.69, 9.17) is 19.8 Å². The van der Waals surface area contributed by atoms with Gasteiger partial charge >= 0.3 is 7.32 Å². The van der Waals surface area contributed by atoms with E-state index >= 15 is 0 Å². The van der Waals surface area contributed by atoms with Crippen LogP contribution in [-0.2, 0) is 6.42 Å². The summed E-state index contributed by atoms with van der Waals surface area (Å²) in [6, 6.07) is 5.27. The smallest absolute Gasteiger partial charge is 0.504 e. The lowest BCUT2D eigenvalue weighted by molar-refractivity contribution is 0.278. The van der Waals surface area contributed by atoms with E-state index in [2.05, 4.69) is 6.58 Å². The Morgan fingerprint density at radius 2 is 1.94 bits per heavy atom. The van der Waals surface area contributed by atoms with Crippen LogP contribution in [0.25, 0.3) is 0 Å². The van der Waals surface area contributed by atoms with Crippen molar-refractivity contribution in [2.45, 2.75) is 6.42 Å². The number of hydrogen-bond donors (Lipinski definition) is 4. The van der Waals surface area contributed by atoms with Crippen LogP contribution in [0.2, 0.25) is 0 Å². The van der Waals surface area contributed by atoms with Gasteiger partial charge in [0.15, 0.2) is 11.5 Å². The van der Waals surface area contributed by atoms with Gasteiger partial charge in [-0.1, -0.05) is 12.1 Å². The predicted octanol–water partition coefficient (Wildman–Crippen LogP) is 0.0775. The molecule has 1 aromatic rings. The fraction of sp³-hybridized carbons (Fsp3) is 0.200. The Hall–Kier alpha value is -1.50. The second kappa shape index (κ2) is 7.75. The zero-order valence-electron chi connectivity index (χ0n) is 9.00. The first-order valence-electron chi connectivity index (χ1n) is 4.52. The number of aromatic hydroxyl groups is 1. The SMILES string of the molecule is C=CCc1ccc(O)c(OC)c1.OB(O)O. The molecule has 0 heterocycles. The standard InChI is InChI=1S/C10H12O2.BH3O3/c1-3-4-8-5-6-9(11)10(7-8)12-2;2-1(3)4/h3,5-7,11H,1,4H2,2H3;2-4H. The molecular formula is C10H15BO5. The zero-order chi connectivity index (χ0) is 12.6. The van der Waals surface area contributed by atoms with Crippen molar-refractivity contribution in [2.75, 3.05) is 7.11 Å². The molecule has 16 heavy (non-hydrogen) atoms. The lowest BCUT2D eigenvalue weighted by Crippen LogP contribution is -2.07. The van der Waals surface area contributed by atoms with Crippen LogP contribution in [0.5, 0.6) is 11.5 Å². The molecule has 0 aliphatic heterocycles. The molecule has 0 saturated heterocycles. The summed E-state index contributed by atoms with van der Waals surface area (Å²) in [7, 11) is -0.632. The molecule has 0 unspecified atom stereocenters. The molecule has 0 aliphatic rings. The molecule has 4 N–H and O–H groups in total. The van der Waals surface area contributed by atoms with Crippen molar-refractivity contribution in [2.24, 2.45) is 0 Å². The Morgan fingerprint density at radius 1 is 1.38 bits per heavy atom. The minimum Gasteiger partial charge on any atom is -0.504 e. The van der Waals surface area contributed by atoms with E-state index in [-0.39, 0.29) is 5.75 Å². The van der Waals surface area contributed by atoms with Crippen molar-refractivity contribution in [3.8, 4) is 11.5 Å². The van der Waals surface area contributed by atoms with Crippen LogP contribution >= 0.6 is 0 Å². The fourth-order valence-corrected chi connectivity index (χ4v) is 1.02. The van der Waals surface area contributed by atoms with Crippen LogP contribution < -0.4 is 4.74 Å². The summed E-state index contributed by atoms with van der Waals surface area (Å²) < 4.78 is 4.95. The van der Waals surface area contributed by atoms with Gasteiger partial charge in [-0.3, -0.25) is 0 Å². The number of phenols is 1. The molecule has 0 saturated carbocycles. The van der Waals surface area contributed by atoms with Crippen LogP contribution in [0.15, 0.2) is 30.9 Å². The molecule has 0 amide bonds. The maximum Gasteiger partial charge on any atom is 0.631 e. The van der Waals surface area contributed by atoms with Gasteiger partial charge in [0.2, 0.25) is 0 Å². The van der Waals surface area contributed by atoms with Gasteiger partial charge in [-0.05, 0) is 24.1 Å². The van der Waals surface area contributed by atoms with Crippen LogP contribution in [-0.4, -0.2) is 34.6 Å². The van der Waals surface area contributed by atoms with E-state index in [1.165, 1.54) is 7.11 Å². The van der Waals surface area contributed by atoms with Crippen molar-refractivity contribution >= 4 is 7.32 Å². The number of ether oxygens (including phenoxy) is 1. The van der Waals surface area contributed by atoms with Crippen LogP contribution in [0.4, 0.5) is 0 Å². The summed E-state index contributed by atoms with van der Waals surface area (Å²) in [5.74, 6) is 0.680. The van der Waals surface area contributed by atoms with Gasteiger partial charge in [0.25, 0.3) is 0 Å². The van der Waals surface area contributed by atoms with Crippen LogP contribution in [0.1, 0.15) is 5.56 Å². The largest absolute Gasteiger partial charge is 0.631 e. The van der Waals surface area contributed by atoms with Crippen molar-refractivity contribution in [1.29, 1.82) is 0 Å². The van der Waals surface area contributed by atoms with Gasteiger partial charge in [-0.15, -0.1) is 6.58 Å². The molecule has 0 radical (unpaired) electrons. The highest BCUT2D eigenvalue weighted by Crippen LogP contribution is 2.26. The highest BCUT2D eigenvalue weighted by molar-refractivity contribution is 6.30. The zero-order valence-corrected chi connectivity index (χ0v) is 9.00.